The fraction of sp³-hybridized carbons (Fsp3) is 0.125. The fourth-order valence-electron chi connectivity index (χ4n) is 3.32. The lowest BCUT2D eigenvalue weighted by molar-refractivity contribution is -0.384. The summed E-state index contributed by atoms with van der Waals surface area (Å²) in [6.45, 7) is -3.00. The number of nitrogens with zero attached hydrogens (tertiary/aromatic N) is 3. The highest BCUT2D eigenvalue weighted by Gasteiger charge is 2.33. The van der Waals surface area contributed by atoms with E-state index in [1.807, 2.05) is 0 Å². The highest BCUT2D eigenvalue weighted by Crippen LogP contribution is 2.32. The number of amidine groups is 1. The van der Waals surface area contributed by atoms with Crippen LogP contribution in [0.2, 0.25) is 0 Å². The molecule has 0 atom stereocenters. The Morgan fingerprint density at radius 2 is 2.03 bits per heavy atom. The van der Waals surface area contributed by atoms with Gasteiger partial charge >= 0.3 is 6.61 Å². The number of benzene rings is 2. The molecule has 2 aromatic carbocycles. The zero-order valence-corrected chi connectivity index (χ0v) is 20.3. The van der Waals surface area contributed by atoms with Gasteiger partial charge in [-0.05, 0) is 42.5 Å². The van der Waals surface area contributed by atoms with E-state index < -0.39 is 23.3 Å². The topological polar surface area (TPSA) is 137 Å². The molecule has 0 bridgehead atoms. The van der Waals surface area contributed by atoms with Crippen molar-refractivity contribution in [3.8, 4) is 11.5 Å². The lowest BCUT2D eigenvalue weighted by Crippen LogP contribution is -2.31. The van der Waals surface area contributed by atoms with E-state index in [1.165, 1.54) is 66.8 Å². The van der Waals surface area contributed by atoms with Crippen LogP contribution >= 0.6 is 11.8 Å². The number of rotatable bonds is 9. The van der Waals surface area contributed by atoms with Gasteiger partial charge in [-0.2, -0.15) is 8.78 Å². The minimum atomic E-state index is -3.00. The van der Waals surface area contributed by atoms with Crippen molar-refractivity contribution in [3.63, 3.8) is 0 Å². The standard InChI is InChI=1S/C24H18F2N4O7S/c1-35-20-11-15(30(33)34)6-9-18(20)27-21(31)13-38-24-28-19(12-17-3-2-10-36-17)22(32)29(24)14-4-7-16(8-5-14)37-23(25)26/h2-12,23H,13H2,1H3,(H,27,31)/b19-12-. The lowest BCUT2D eigenvalue weighted by atomic mass is 10.2. The molecule has 0 saturated carbocycles. The molecule has 0 aliphatic carbocycles. The van der Waals surface area contributed by atoms with Crippen molar-refractivity contribution in [1.82, 2.24) is 0 Å². The predicted octanol–water partition coefficient (Wildman–Crippen LogP) is 4.91. The summed E-state index contributed by atoms with van der Waals surface area (Å²) in [5.41, 5.74) is 0.360. The number of anilines is 2. The molecule has 0 saturated heterocycles. The molecule has 11 nitrogen and oxygen atoms in total. The summed E-state index contributed by atoms with van der Waals surface area (Å²) in [5.74, 6) is -0.826. The first-order chi connectivity index (χ1) is 18.2. The normalized spacial score (nSPS) is 14.1. The van der Waals surface area contributed by atoms with Gasteiger partial charge in [0.25, 0.3) is 11.6 Å². The molecule has 1 N–H and O–H groups in total. The van der Waals surface area contributed by atoms with Crippen LogP contribution in [-0.2, 0) is 9.59 Å². The second-order valence-corrected chi connectivity index (χ2v) is 8.37. The number of halogens is 2. The second kappa shape index (κ2) is 11.6. The van der Waals surface area contributed by atoms with Gasteiger partial charge in [-0.25, -0.2) is 4.99 Å². The number of hydrogen-bond acceptors (Lipinski definition) is 9. The molecule has 196 valence electrons. The fourth-order valence-corrected chi connectivity index (χ4v) is 4.13. The monoisotopic (exact) mass is 544 g/mol. The van der Waals surface area contributed by atoms with E-state index in [2.05, 4.69) is 15.0 Å². The summed E-state index contributed by atoms with van der Waals surface area (Å²) in [6.07, 6.45) is 2.86. The molecular formula is C24H18F2N4O7S. The van der Waals surface area contributed by atoms with Crippen LogP contribution in [0.1, 0.15) is 5.76 Å². The summed E-state index contributed by atoms with van der Waals surface area (Å²) >= 11 is 0.942. The molecule has 1 aliphatic rings. The third kappa shape index (κ3) is 6.15. The number of nitro benzene ring substituents is 1. The van der Waals surface area contributed by atoms with Gasteiger partial charge in [0.1, 0.15) is 23.0 Å². The molecule has 0 radical (unpaired) electrons. The van der Waals surface area contributed by atoms with Crippen LogP contribution in [0.5, 0.6) is 11.5 Å². The van der Waals surface area contributed by atoms with Gasteiger partial charge in [0.15, 0.2) is 5.17 Å². The Bertz CT molecular complexity index is 1410. The number of alkyl halides is 2. The van der Waals surface area contributed by atoms with Crippen molar-refractivity contribution in [1.29, 1.82) is 0 Å². The lowest BCUT2D eigenvalue weighted by Gasteiger charge is -2.18. The Morgan fingerprint density at radius 3 is 2.66 bits per heavy atom. The van der Waals surface area contributed by atoms with Gasteiger partial charge in [-0.3, -0.25) is 24.6 Å². The van der Waals surface area contributed by atoms with Gasteiger partial charge in [0.05, 0.1) is 41.5 Å². The summed E-state index contributed by atoms with van der Waals surface area (Å²) in [5, 5.41) is 13.7. The Morgan fingerprint density at radius 1 is 1.26 bits per heavy atom. The highest BCUT2D eigenvalue weighted by atomic mass is 32.2. The van der Waals surface area contributed by atoms with Crippen LogP contribution in [0.4, 0.5) is 25.8 Å². The predicted molar refractivity (Wildman–Crippen MR) is 135 cm³/mol. The van der Waals surface area contributed by atoms with Crippen molar-refractivity contribution < 1.29 is 37.2 Å². The zero-order valence-electron chi connectivity index (χ0n) is 19.5. The number of thioether (sulfide) groups is 1. The maximum absolute atomic E-state index is 13.2. The van der Waals surface area contributed by atoms with Crippen molar-refractivity contribution in [2.45, 2.75) is 6.61 Å². The highest BCUT2D eigenvalue weighted by molar-refractivity contribution is 8.14. The summed E-state index contributed by atoms with van der Waals surface area (Å²) < 4.78 is 39.8. The molecule has 38 heavy (non-hydrogen) atoms. The number of carbonyl (C=O) groups is 2. The number of amides is 2. The average Bonchev–Trinajstić information content (AvgIpc) is 3.51. The van der Waals surface area contributed by atoms with E-state index in [1.54, 1.807) is 12.1 Å². The number of non-ortho nitro benzene ring substituents is 1. The first-order valence-electron chi connectivity index (χ1n) is 10.7. The third-order valence-electron chi connectivity index (χ3n) is 4.97. The summed E-state index contributed by atoms with van der Waals surface area (Å²) in [7, 11) is 1.31. The van der Waals surface area contributed by atoms with E-state index in [0.29, 0.717) is 11.4 Å². The van der Waals surface area contributed by atoms with Gasteiger partial charge in [-0.1, -0.05) is 11.8 Å². The van der Waals surface area contributed by atoms with Gasteiger partial charge in [-0.15, -0.1) is 0 Å². The number of carbonyl (C=O) groups excluding carboxylic acids is 2. The van der Waals surface area contributed by atoms with Crippen LogP contribution in [0.15, 0.2) is 76.0 Å². The number of nitrogens with one attached hydrogen (secondary N) is 1. The van der Waals surface area contributed by atoms with Crippen LogP contribution < -0.4 is 19.7 Å². The summed E-state index contributed by atoms with van der Waals surface area (Å²) in [6, 6.07) is 12.4. The van der Waals surface area contributed by atoms with Crippen LogP contribution in [0.3, 0.4) is 0 Å². The molecule has 14 heteroatoms. The van der Waals surface area contributed by atoms with Gasteiger partial charge in [0.2, 0.25) is 5.91 Å². The van der Waals surface area contributed by atoms with Crippen LogP contribution in [-0.4, -0.2) is 41.4 Å². The number of methoxy groups -OCH3 is 1. The first kappa shape index (κ1) is 26.3. The number of aliphatic imine (C=N–C) groups is 1. The molecule has 1 aliphatic heterocycles. The molecule has 2 heterocycles. The second-order valence-electron chi connectivity index (χ2n) is 7.43. The minimum absolute atomic E-state index is 0.0350. The SMILES string of the molecule is COc1cc([N+](=O)[O-])ccc1NC(=O)CSC1=N/C(=C\c2ccco2)C(=O)N1c1ccc(OC(F)F)cc1. The average molecular weight is 544 g/mol. The van der Waals surface area contributed by atoms with E-state index >= 15 is 0 Å². The molecule has 0 fully saturated rings. The Hall–Kier alpha value is -4.72. The molecule has 4 rings (SSSR count). The number of nitro groups is 1. The maximum Gasteiger partial charge on any atom is 0.387 e. The Labute approximate surface area is 217 Å². The Balaban J connectivity index is 1.53. The van der Waals surface area contributed by atoms with Crippen molar-refractivity contribution >= 4 is 51.9 Å². The molecule has 0 unspecified atom stereocenters. The smallest absolute Gasteiger partial charge is 0.387 e. The zero-order chi connectivity index (χ0) is 27.2. The van der Waals surface area contributed by atoms with E-state index in [4.69, 9.17) is 9.15 Å². The summed E-state index contributed by atoms with van der Waals surface area (Å²) in [4.78, 5) is 41.8. The first-order valence-corrected chi connectivity index (χ1v) is 11.7. The largest absolute Gasteiger partial charge is 0.494 e. The van der Waals surface area contributed by atoms with Crippen molar-refractivity contribution in [3.05, 3.63) is 82.4 Å². The van der Waals surface area contributed by atoms with Gasteiger partial charge < -0.3 is 19.2 Å². The molecule has 3 aromatic rings. The van der Waals surface area contributed by atoms with E-state index in [9.17, 15) is 28.5 Å². The quantitative estimate of drug-likeness (QED) is 0.228. The molecular weight excluding hydrogens is 526 g/mol. The number of furan rings is 1. The van der Waals surface area contributed by atoms with Crippen LogP contribution in [0, 0.1) is 10.1 Å². The Kier molecular flexibility index (Phi) is 8.01. The molecule has 2 amide bonds. The minimum Gasteiger partial charge on any atom is -0.494 e. The van der Waals surface area contributed by atoms with E-state index in [0.717, 1.165) is 11.8 Å². The number of hydrogen-bond donors (Lipinski definition) is 1. The number of ether oxygens (including phenoxy) is 2. The van der Waals surface area contributed by atoms with Crippen LogP contribution in [0.25, 0.3) is 6.08 Å². The van der Waals surface area contributed by atoms with Crippen molar-refractivity contribution in [2.24, 2.45) is 4.99 Å². The maximum atomic E-state index is 13.2. The van der Waals surface area contributed by atoms with Crippen molar-refractivity contribution in [2.75, 3.05) is 23.1 Å². The molecule has 1 aromatic heterocycles. The van der Waals surface area contributed by atoms with Gasteiger partial charge in [0, 0.05) is 12.1 Å². The third-order valence-corrected chi connectivity index (χ3v) is 5.91. The molecule has 0 spiro atoms. The van der Waals surface area contributed by atoms with E-state index in [-0.39, 0.29) is 39.5 Å².